The van der Waals surface area contributed by atoms with Gasteiger partial charge in [0.2, 0.25) is 0 Å². The molecule has 4 nitrogen and oxygen atoms in total. The van der Waals surface area contributed by atoms with Crippen LogP contribution >= 0.6 is 0 Å². The van der Waals surface area contributed by atoms with Gasteiger partial charge in [-0.1, -0.05) is 32.6 Å². The van der Waals surface area contributed by atoms with E-state index in [1.165, 1.54) is 38.6 Å². The van der Waals surface area contributed by atoms with E-state index in [9.17, 15) is 4.79 Å². The van der Waals surface area contributed by atoms with Gasteiger partial charge in [-0.15, -0.1) is 0 Å². The molecule has 2 aliphatic heterocycles. The third kappa shape index (κ3) is 3.87. The van der Waals surface area contributed by atoms with Crippen molar-refractivity contribution in [2.75, 3.05) is 39.3 Å². The van der Waals surface area contributed by atoms with Gasteiger partial charge in [0, 0.05) is 38.8 Å². The lowest BCUT2D eigenvalue weighted by Gasteiger charge is -2.47. The molecule has 2 aliphatic rings. The fraction of sp³-hybridized carbons (Fsp3) is 0.938. The van der Waals surface area contributed by atoms with Gasteiger partial charge in [0.15, 0.2) is 0 Å². The number of hydrogen-bond acceptors (Lipinski definition) is 2. The second kappa shape index (κ2) is 7.87. The Morgan fingerprint density at radius 3 is 2.60 bits per heavy atom. The van der Waals surface area contributed by atoms with Crippen LogP contribution in [0, 0.1) is 0 Å². The Morgan fingerprint density at radius 1 is 1.05 bits per heavy atom. The number of fused-ring (bicyclic) bond motifs is 1. The van der Waals surface area contributed by atoms with Crippen molar-refractivity contribution in [3.63, 3.8) is 0 Å². The maximum Gasteiger partial charge on any atom is 0.320 e. The van der Waals surface area contributed by atoms with Crippen LogP contribution in [0.4, 0.5) is 4.79 Å². The van der Waals surface area contributed by atoms with Gasteiger partial charge in [-0.3, -0.25) is 4.90 Å². The molecule has 0 unspecified atom stereocenters. The predicted molar refractivity (Wildman–Crippen MR) is 83.0 cm³/mol. The molecule has 0 spiro atoms. The topological polar surface area (TPSA) is 26.8 Å². The van der Waals surface area contributed by atoms with E-state index < -0.39 is 0 Å². The van der Waals surface area contributed by atoms with Gasteiger partial charge in [-0.25, -0.2) is 4.79 Å². The Morgan fingerprint density at radius 2 is 1.85 bits per heavy atom. The molecule has 0 aromatic heterocycles. The van der Waals surface area contributed by atoms with Crippen molar-refractivity contribution in [2.45, 2.75) is 58.4 Å². The standard InChI is InChI=1S/C16H31N3O/c1-3-5-6-7-8-10-17-12-13-19-15(14-17)9-11-18(4-2)16(19)20/h15H,3-14H2,1-2H3/t15-/m1/s1. The average molecular weight is 281 g/mol. The fourth-order valence-corrected chi connectivity index (χ4v) is 3.44. The number of hydrogen-bond donors (Lipinski definition) is 0. The molecule has 0 aliphatic carbocycles. The molecule has 0 aromatic rings. The highest BCUT2D eigenvalue weighted by molar-refractivity contribution is 5.75. The van der Waals surface area contributed by atoms with E-state index in [0.717, 1.165) is 39.1 Å². The molecular weight excluding hydrogens is 250 g/mol. The molecule has 0 aromatic carbocycles. The van der Waals surface area contributed by atoms with Crippen molar-refractivity contribution in [1.82, 2.24) is 14.7 Å². The highest BCUT2D eigenvalue weighted by atomic mass is 16.2. The minimum absolute atomic E-state index is 0.270. The summed E-state index contributed by atoms with van der Waals surface area (Å²) >= 11 is 0. The quantitative estimate of drug-likeness (QED) is 0.671. The summed E-state index contributed by atoms with van der Waals surface area (Å²) in [5.74, 6) is 0. The summed E-state index contributed by atoms with van der Waals surface area (Å²) in [6.45, 7) is 10.4. The third-order valence-electron chi connectivity index (χ3n) is 4.77. The van der Waals surface area contributed by atoms with Gasteiger partial charge in [0.25, 0.3) is 0 Å². The molecule has 116 valence electrons. The van der Waals surface area contributed by atoms with Crippen LogP contribution in [0.15, 0.2) is 0 Å². The molecule has 4 heteroatoms. The van der Waals surface area contributed by atoms with Gasteiger partial charge < -0.3 is 9.80 Å². The van der Waals surface area contributed by atoms with Crippen molar-refractivity contribution in [3.05, 3.63) is 0 Å². The van der Waals surface area contributed by atoms with Crippen LogP contribution in [0.5, 0.6) is 0 Å². The van der Waals surface area contributed by atoms with Gasteiger partial charge in [0.05, 0.1) is 0 Å². The SMILES string of the molecule is CCCCCCCN1CCN2C(=O)N(CC)CC[C@@H]2C1. The van der Waals surface area contributed by atoms with Crippen LogP contribution in [0.2, 0.25) is 0 Å². The molecule has 2 amide bonds. The minimum atomic E-state index is 0.270. The van der Waals surface area contributed by atoms with Gasteiger partial charge >= 0.3 is 6.03 Å². The molecule has 20 heavy (non-hydrogen) atoms. The lowest BCUT2D eigenvalue weighted by molar-refractivity contribution is 0.0450. The Bertz CT molecular complexity index is 308. The predicted octanol–water partition coefficient (Wildman–Crippen LogP) is 2.79. The van der Waals surface area contributed by atoms with Crippen molar-refractivity contribution < 1.29 is 4.79 Å². The molecule has 2 rings (SSSR count). The van der Waals surface area contributed by atoms with Gasteiger partial charge in [-0.05, 0) is 26.3 Å². The lowest BCUT2D eigenvalue weighted by Crippen LogP contribution is -2.62. The summed E-state index contributed by atoms with van der Waals surface area (Å²) in [7, 11) is 0. The van der Waals surface area contributed by atoms with Crippen LogP contribution in [-0.4, -0.2) is 66.0 Å². The van der Waals surface area contributed by atoms with Crippen molar-refractivity contribution in [1.29, 1.82) is 0 Å². The largest absolute Gasteiger partial charge is 0.325 e. The van der Waals surface area contributed by atoms with Crippen LogP contribution in [-0.2, 0) is 0 Å². The zero-order chi connectivity index (χ0) is 14.4. The Balaban J connectivity index is 1.71. The summed E-state index contributed by atoms with van der Waals surface area (Å²) in [5, 5.41) is 0. The van der Waals surface area contributed by atoms with E-state index in [1.807, 2.05) is 4.90 Å². The van der Waals surface area contributed by atoms with Crippen molar-refractivity contribution in [2.24, 2.45) is 0 Å². The number of carbonyl (C=O) groups is 1. The first-order chi connectivity index (χ1) is 9.76. The first-order valence-corrected chi connectivity index (χ1v) is 8.54. The summed E-state index contributed by atoms with van der Waals surface area (Å²) in [4.78, 5) is 18.9. The van der Waals surface area contributed by atoms with E-state index in [1.54, 1.807) is 0 Å². The number of unbranched alkanes of at least 4 members (excludes halogenated alkanes) is 4. The van der Waals surface area contributed by atoms with Crippen LogP contribution < -0.4 is 0 Å². The lowest BCUT2D eigenvalue weighted by atomic mass is 10.0. The number of amides is 2. The Kier molecular flexibility index (Phi) is 6.14. The number of urea groups is 1. The van der Waals surface area contributed by atoms with Crippen LogP contribution in [0.1, 0.15) is 52.4 Å². The van der Waals surface area contributed by atoms with Crippen LogP contribution in [0.3, 0.4) is 0 Å². The zero-order valence-electron chi connectivity index (χ0n) is 13.3. The van der Waals surface area contributed by atoms with Crippen LogP contribution in [0.25, 0.3) is 0 Å². The number of rotatable bonds is 7. The maximum absolute atomic E-state index is 12.3. The Hall–Kier alpha value is -0.770. The summed E-state index contributed by atoms with van der Waals surface area (Å²) in [6.07, 6.45) is 7.90. The third-order valence-corrected chi connectivity index (χ3v) is 4.77. The summed E-state index contributed by atoms with van der Waals surface area (Å²) in [5.41, 5.74) is 0. The smallest absolute Gasteiger partial charge is 0.320 e. The molecule has 0 radical (unpaired) electrons. The van der Waals surface area contributed by atoms with E-state index >= 15 is 0 Å². The summed E-state index contributed by atoms with van der Waals surface area (Å²) in [6, 6.07) is 0.737. The molecule has 1 atom stereocenters. The van der Waals surface area contributed by atoms with Gasteiger partial charge in [-0.2, -0.15) is 0 Å². The number of piperazine rings is 1. The minimum Gasteiger partial charge on any atom is -0.325 e. The average Bonchev–Trinajstić information content (AvgIpc) is 2.47. The van der Waals surface area contributed by atoms with Crippen molar-refractivity contribution in [3.8, 4) is 0 Å². The Labute approximate surface area is 124 Å². The second-order valence-corrected chi connectivity index (χ2v) is 6.21. The molecule has 0 N–H and O–H groups in total. The number of carbonyl (C=O) groups excluding carboxylic acids is 1. The summed E-state index contributed by atoms with van der Waals surface area (Å²) < 4.78 is 0. The molecule has 0 saturated carbocycles. The number of nitrogens with zero attached hydrogens (tertiary/aromatic N) is 3. The second-order valence-electron chi connectivity index (χ2n) is 6.21. The molecular formula is C16H31N3O. The van der Waals surface area contributed by atoms with Gasteiger partial charge in [0.1, 0.15) is 0 Å². The van der Waals surface area contributed by atoms with E-state index in [2.05, 4.69) is 23.6 Å². The monoisotopic (exact) mass is 281 g/mol. The molecule has 2 saturated heterocycles. The molecule has 2 heterocycles. The van der Waals surface area contributed by atoms with E-state index in [4.69, 9.17) is 0 Å². The first-order valence-electron chi connectivity index (χ1n) is 8.54. The highest BCUT2D eigenvalue weighted by Crippen LogP contribution is 2.21. The highest BCUT2D eigenvalue weighted by Gasteiger charge is 2.35. The van der Waals surface area contributed by atoms with Crippen molar-refractivity contribution >= 4 is 6.03 Å². The molecule has 0 bridgehead atoms. The zero-order valence-corrected chi connectivity index (χ0v) is 13.3. The maximum atomic E-state index is 12.3. The fourth-order valence-electron chi connectivity index (χ4n) is 3.44. The molecule has 2 fully saturated rings. The van der Waals surface area contributed by atoms with E-state index in [-0.39, 0.29) is 6.03 Å². The van der Waals surface area contributed by atoms with E-state index in [0.29, 0.717) is 6.04 Å². The normalized spacial score (nSPS) is 24.1. The first kappa shape index (κ1) is 15.6.